The van der Waals surface area contributed by atoms with Crippen LogP contribution in [0.5, 0.6) is 0 Å². The first-order valence-electron chi connectivity index (χ1n) is 8.45. The fourth-order valence-electron chi connectivity index (χ4n) is 3.27. The number of halogens is 1. The van der Waals surface area contributed by atoms with E-state index < -0.39 is 6.09 Å². The molecule has 1 amide bonds. The first-order chi connectivity index (χ1) is 11.6. The average Bonchev–Trinajstić information content (AvgIpc) is 2.60. The van der Waals surface area contributed by atoms with E-state index in [1.807, 2.05) is 30.3 Å². The van der Waals surface area contributed by atoms with Gasteiger partial charge in [0.2, 0.25) is 5.24 Å². The van der Waals surface area contributed by atoms with Crippen molar-refractivity contribution in [2.45, 2.75) is 57.6 Å². The number of thiol groups is 1. The summed E-state index contributed by atoms with van der Waals surface area (Å²) in [4.78, 5) is 23.2. The Labute approximate surface area is 154 Å². The van der Waals surface area contributed by atoms with Crippen LogP contribution in [0.4, 0.5) is 4.79 Å². The van der Waals surface area contributed by atoms with E-state index in [4.69, 9.17) is 16.3 Å². The van der Waals surface area contributed by atoms with Crippen LogP contribution >= 0.6 is 24.4 Å². The van der Waals surface area contributed by atoms with Gasteiger partial charge in [-0.05, 0) is 48.8 Å². The minimum atomic E-state index is -0.410. The predicted molar refractivity (Wildman–Crippen MR) is 97.9 cm³/mol. The van der Waals surface area contributed by atoms with Gasteiger partial charge in [-0.15, -0.1) is 0 Å². The van der Waals surface area contributed by atoms with Crippen molar-refractivity contribution in [2.24, 2.45) is 5.92 Å². The zero-order valence-corrected chi connectivity index (χ0v) is 15.3. The molecule has 0 aromatic heterocycles. The third-order valence-electron chi connectivity index (χ3n) is 4.52. The maximum absolute atomic E-state index is 12.3. The van der Waals surface area contributed by atoms with Crippen LogP contribution in [0.15, 0.2) is 30.3 Å². The molecule has 2 rings (SSSR count). The number of amides is 1. The van der Waals surface area contributed by atoms with Gasteiger partial charge in [0.15, 0.2) is 0 Å². The molecule has 0 unspecified atom stereocenters. The lowest BCUT2D eigenvalue weighted by atomic mass is 9.81. The van der Waals surface area contributed by atoms with Crippen LogP contribution < -0.4 is 0 Å². The summed E-state index contributed by atoms with van der Waals surface area (Å²) in [6, 6.07) is 9.64. The Morgan fingerprint density at radius 2 is 1.92 bits per heavy atom. The number of benzene rings is 1. The molecule has 1 aliphatic rings. The van der Waals surface area contributed by atoms with Crippen LogP contribution in [0, 0.1) is 5.92 Å². The molecule has 24 heavy (non-hydrogen) atoms. The first kappa shape index (κ1) is 19.1. The Bertz CT molecular complexity index is 540. The SMILES string of the molecule is O=C(Cl)CCC[C@@H]1CCCC[C@@H]1N(S)C(=O)OCc1ccccc1. The van der Waals surface area contributed by atoms with Gasteiger partial charge in [-0.2, -0.15) is 0 Å². The zero-order valence-electron chi connectivity index (χ0n) is 13.7. The van der Waals surface area contributed by atoms with Crippen LogP contribution in [0.3, 0.4) is 0 Å². The van der Waals surface area contributed by atoms with Crippen molar-refractivity contribution in [2.75, 3.05) is 0 Å². The fraction of sp³-hybridized carbons (Fsp3) is 0.556. The molecular weight excluding hydrogens is 346 g/mol. The Morgan fingerprint density at radius 1 is 1.21 bits per heavy atom. The minimum Gasteiger partial charge on any atom is -0.444 e. The van der Waals surface area contributed by atoms with Gasteiger partial charge < -0.3 is 4.74 Å². The van der Waals surface area contributed by atoms with Gasteiger partial charge in [0.05, 0.1) is 0 Å². The second-order valence-electron chi connectivity index (χ2n) is 6.24. The summed E-state index contributed by atoms with van der Waals surface area (Å²) < 4.78 is 6.81. The first-order valence-corrected chi connectivity index (χ1v) is 9.23. The van der Waals surface area contributed by atoms with Gasteiger partial charge >= 0.3 is 6.09 Å². The van der Waals surface area contributed by atoms with Crippen molar-refractivity contribution in [3.05, 3.63) is 35.9 Å². The quantitative estimate of drug-likeness (QED) is 0.545. The van der Waals surface area contributed by atoms with Crippen molar-refractivity contribution in [1.29, 1.82) is 0 Å². The molecule has 1 aliphatic carbocycles. The van der Waals surface area contributed by atoms with E-state index in [0.29, 0.717) is 12.3 Å². The van der Waals surface area contributed by atoms with E-state index in [-0.39, 0.29) is 17.9 Å². The van der Waals surface area contributed by atoms with E-state index >= 15 is 0 Å². The maximum atomic E-state index is 12.3. The lowest BCUT2D eigenvalue weighted by Gasteiger charge is -2.36. The summed E-state index contributed by atoms with van der Waals surface area (Å²) in [5.41, 5.74) is 0.952. The summed E-state index contributed by atoms with van der Waals surface area (Å²) >= 11 is 9.81. The Balaban J connectivity index is 1.85. The molecule has 1 saturated carbocycles. The molecule has 4 nitrogen and oxygen atoms in total. The molecule has 0 radical (unpaired) electrons. The highest BCUT2D eigenvalue weighted by Crippen LogP contribution is 2.33. The highest BCUT2D eigenvalue weighted by atomic mass is 35.5. The van der Waals surface area contributed by atoms with Gasteiger partial charge in [0, 0.05) is 12.5 Å². The smallest absolute Gasteiger partial charge is 0.420 e. The molecule has 0 heterocycles. The molecule has 0 N–H and O–H groups in total. The Hall–Kier alpha value is -1.20. The highest BCUT2D eigenvalue weighted by Gasteiger charge is 2.32. The van der Waals surface area contributed by atoms with Crippen molar-refractivity contribution in [3.63, 3.8) is 0 Å². The summed E-state index contributed by atoms with van der Waals surface area (Å²) in [6.07, 6.45) is 5.81. The summed E-state index contributed by atoms with van der Waals surface area (Å²) in [5.74, 6) is 0.344. The molecule has 0 saturated heterocycles. The third kappa shape index (κ3) is 6.02. The van der Waals surface area contributed by atoms with Gasteiger partial charge in [0.1, 0.15) is 6.61 Å². The van der Waals surface area contributed by atoms with E-state index in [1.54, 1.807) is 0 Å². The van der Waals surface area contributed by atoms with Gasteiger partial charge in [-0.1, -0.05) is 56.0 Å². The molecule has 132 valence electrons. The van der Waals surface area contributed by atoms with E-state index in [0.717, 1.165) is 44.1 Å². The molecule has 2 atom stereocenters. The normalized spacial score (nSPS) is 20.4. The largest absolute Gasteiger partial charge is 0.444 e. The number of rotatable bonds is 7. The Morgan fingerprint density at radius 3 is 2.62 bits per heavy atom. The number of hydrogen-bond donors (Lipinski definition) is 1. The second kappa shape index (κ2) is 9.94. The molecule has 1 fully saturated rings. The van der Waals surface area contributed by atoms with Crippen molar-refractivity contribution in [1.82, 2.24) is 4.31 Å². The van der Waals surface area contributed by atoms with Gasteiger partial charge in [0.25, 0.3) is 0 Å². The molecule has 1 aromatic rings. The van der Waals surface area contributed by atoms with Crippen molar-refractivity contribution < 1.29 is 14.3 Å². The number of nitrogens with zero attached hydrogens (tertiary/aromatic N) is 1. The molecule has 1 aromatic carbocycles. The predicted octanol–water partition coefficient (Wildman–Crippen LogP) is 4.96. The van der Waals surface area contributed by atoms with E-state index in [9.17, 15) is 9.59 Å². The van der Waals surface area contributed by atoms with Crippen molar-refractivity contribution in [3.8, 4) is 0 Å². The van der Waals surface area contributed by atoms with Crippen LogP contribution in [0.25, 0.3) is 0 Å². The van der Waals surface area contributed by atoms with E-state index in [1.165, 1.54) is 4.31 Å². The minimum absolute atomic E-state index is 0.0517. The summed E-state index contributed by atoms with van der Waals surface area (Å²) in [7, 11) is 0. The number of ether oxygens (including phenoxy) is 1. The summed E-state index contributed by atoms with van der Waals surface area (Å²) in [5, 5.41) is -0.299. The zero-order chi connectivity index (χ0) is 17.4. The van der Waals surface area contributed by atoms with Crippen LogP contribution in [0.1, 0.15) is 50.5 Å². The van der Waals surface area contributed by atoms with Gasteiger partial charge in [-0.3, -0.25) is 9.10 Å². The molecule has 0 bridgehead atoms. The maximum Gasteiger partial charge on any atom is 0.420 e. The van der Waals surface area contributed by atoms with E-state index in [2.05, 4.69) is 12.8 Å². The highest BCUT2D eigenvalue weighted by molar-refractivity contribution is 7.78. The number of hydrogen-bond acceptors (Lipinski definition) is 4. The lowest BCUT2D eigenvalue weighted by Crippen LogP contribution is -2.40. The Kier molecular flexibility index (Phi) is 7.92. The van der Waals surface area contributed by atoms with Crippen LogP contribution in [0.2, 0.25) is 0 Å². The molecule has 6 heteroatoms. The van der Waals surface area contributed by atoms with Crippen LogP contribution in [-0.4, -0.2) is 21.7 Å². The molecule has 0 spiro atoms. The second-order valence-corrected chi connectivity index (χ2v) is 7.10. The molecule has 0 aliphatic heterocycles. The third-order valence-corrected chi connectivity index (χ3v) is 5.17. The monoisotopic (exact) mass is 369 g/mol. The van der Waals surface area contributed by atoms with Crippen LogP contribution in [-0.2, 0) is 16.1 Å². The van der Waals surface area contributed by atoms with Crippen molar-refractivity contribution >= 4 is 35.8 Å². The molecular formula is C18H24ClNO3S. The van der Waals surface area contributed by atoms with Gasteiger partial charge in [-0.25, -0.2) is 4.79 Å². The fourth-order valence-corrected chi connectivity index (χ4v) is 3.77. The average molecular weight is 370 g/mol. The number of carbonyl (C=O) groups is 2. The number of carbonyl (C=O) groups excluding carboxylic acids is 2. The lowest BCUT2D eigenvalue weighted by molar-refractivity contribution is -0.111. The standard InChI is InChI=1S/C18H24ClNO3S/c19-17(21)12-6-10-15-9-4-5-11-16(15)20(24)18(22)23-13-14-7-2-1-3-8-14/h1-3,7-8,15-16,24H,4-6,9-13H2/t15-,16-/m0/s1. The topological polar surface area (TPSA) is 46.6 Å². The summed E-state index contributed by atoms with van der Waals surface area (Å²) in [6.45, 7) is 0.245.